The maximum Gasteiger partial charge on any atom is 0.272 e. The Morgan fingerprint density at radius 2 is 1.81 bits per heavy atom. The fraction of sp³-hybridized carbons (Fsp3) is 0.370. The molecule has 1 atom stereocenters. The molecule has 0 unspecified atom stereocenters. The molecule has 0 radical (unpaired) electrons. The van der Waals surface area contributed by atoms with Crippen LogP contribution in [0.2, 0.25) is 0 Å². The van der Waals surface area contributed by atoms with Crippen LogP contribution in [-0.4, -0.2) is 41.1 Å². The Balaban J connectivity index is 1.62. The quantitative estimate of drug-likeness (QED) is 0.519. The van der Waals surface area contributed by atoms with E-state index < -0.39 is 0 Å². The second kappa shape index (κ2) is 10.0. The van der Waals surface area contributed by atoms with Gasteiger partial charge in [-0.1, -0.05) is 63.2 Å². The topological polar surface area (TPSA) is 57.6 Å². The maximum atomic E-state index is 13.1. The minimum Gasteiger partial charge on any atom is -0.303 e. The van der Waals surface area contributed by atoms with Crippen LogP contribution in [0, 0.1) is 0 Å². The van der Waals surface area contributed by atoms with E-state index in [0.29, 0.717) is 11.5 Å². The molecule has 1 aliphatic heterocycles. The van der Waals surface area contributed by atoms with Gasteiger partial charge in [-0.25, -0.2) is 10.4 Å². The number of piperidine rings is 1. The lowest BCUT2D eigenvalue weighted by Crippen LogP contribution is -2.34. The highest BCUT2D eigenvalue weighted by atomic mass is 16.2. The monoisotopic (exact) mass is 428 g/mol. The zero-order valence-corrected chi connectivity index (χ0v) is 19.3. The van der Waals surface area contributed by atoms with Crippen LogP contribution in [0.15, 0.2) is 59.7 Å². The molecule has 1 amide bonds. The molecule has 1 fully saturated rings. The number of para-hydroxylation sites is 1. The summed E-state index contributed by atoms with van der Waals surface area (Å²) in [4.78, 5) is 20.4. The highest BCUT2D eigenvalue weighted by molar-refractivity contribution is 6.07. The maximum absolute atomic E-state index is 13.1. The van der Waals surface area contributed by atoms with Crippen LogP contribution in [0.3, 0.4) is 0 Å². The van der Waals surface area contributed by atoms with Crippen LogP contribution >= 0.6 is 0 Å². The SMILES string of the molecule is CC[C@@H](C)c1ccc(-c2cc(C(=O)NN=C3CCN(CC)CC3)c3ccccc3n2)cc1. The molecule has 4 rings (SSSR count). The fourth-order valence-electron chi connectivity index (χ4n) is 4.16. The third-order valence-corrected chi connectivity index (χ3v) is 6.54. The number of carbonyl (C=O) groups is 1. The summed E-state index contributed by atoms with van der Waals surface area (Å²) in [5.74, 6) is 0.338. The Morgan fingerprint density at radius 3 is 2.50 bits per heavy atom. The second-order valence-electron chi connectivity index (χ2n) is 8.56. The number of fused-ring (bicyclic) bond motifs is 1. The number of rotatable bonds is 6. The van der Waals surface area contributed by atoms with Crippen molar-refractivity contribution >= 4 is 22.5 Å². The van der Waals surface area contributed by atoms with Gasteiger partial charge in [0.1, 0.15) is 0 Å². The van der Waals surface area contributed by atoms with E-state index in [1.165, 1.54) is 5.56 Å². The first kappa shape index (κ1) is 22.2. The lowest BCUT2D eigenvalue weighted by Gasteiger charge is -2.25. The highest BCUT2D eigenvalue weighted by Crippen LogP contribution is 2.27. The number of amides is 1. The Bertz CT molecular complexity index is 1110. The van der Waals surface area contributed by atoms with Gasteiger partial charge < -0.3 is 4.90 Å². The Labute approximate surface area is 190 Å². The highest BCUT2D eigenvalue weighted by Gasteiger charge is 2.16. The standard InChI is InChI=1S/C27H32N4O/c1-4-19(3)20-10-12-21(13-11-20)26-18-24(23-8-6-7-9-25(23)28-26)27(32)30-29-22-14-16-31(5-2)17-15-22/h6-13,18-19H,4-5,14-17H2,1-3H3,(H,30,32)/t19-/m1/s1. The van der Waals surface area contributed by atoms with Gasteiger partial charge in [0.25, 0.3) is 5.91 Å². The third-order valence-electron chi connectivity index (χ3n) is 6.54. The molecule has 2 aromatic carbocycles. The predicted molar refractivity (Wildman–Crippen MR) is 132 cm³/mol. The second-order valence-corrected chi connectivity index (χ2v) is 8.56. The first-order chi connectivity index (χ1) is 15.6. The number of benzene rings is 2. The van der Waals surface area contributed by atoms with Crippen molar-refractivity contribution in [3.8, 4) is 11.3 Å². The lowest BCUT2D eigenvalue weighted by molar-refractivity contribution is 0.0956. The van der Waals surface area contributed by atoms with Crippen molar-refractivity contribution in [2.45, 2.75) is 46.0 Å². The van der Waals surface area contributed by atoms with Crippen molar-refractivity contribution in [3.63, 3.8) is 0 Å². The van der Waals surface area contributed by atoms with Crippen molar-refractivity contribution in [1.29, 1.82) is 0 Å². The van der Waals surface area contributed by atoms with Crippen molar-refractivity contribution < 1.29 is 4.79 Å². The summed E-state index contributed by atoms with van der Waals surface area (Å²) in [6.45, 7) is 9.67. The van der Waals surface area contributed by atoms with Gasteiger partial charge >= 0.3 is 0 Å². The van der Waals surface area contributed by atoms with Crippen LogP contribution in [0.25, 0.3) is 22.2 Å². The molecule has 1 saturated heterocycles. The van der Waals surface area contributed by atoms with E-state index in [1.54, 1.807) is 0 Å². The molecule has 1 aliphatic rings. The van der Waals surface area contributed by atoms with Gasteiger partial charge in [0.2, 0.25) is 0 Å². The fourth-order valence-corrected chi connectivity index (χ4v) is 4.16. The van der Waals surface area contributed by atoms with Crippen molar-refractivity contribution in [1.82, 2.24) is 15.3 Å². The number of aromatic nitrogens is 1. The van der Waals surface area contributed by atoms with Crippen LogP contribution < -0.4 is 5.43 Å². The summed E-state index contributed by atoms with van der Waals surface area (Å²) in [7, 11) is 0. The van der Waals surface area contributed by atoms with E-state index in [4.69, 9.17) is 4.98 Å². The van der Waals surface area contributed by atoms with Crippen molar-refractivity contribution in [2.24, 2.45) is 5.10 Å². The molecule has 1 N–H and O–H groups in total. The number of nitrogens with one attached hydrogen (secondary N) is 1. The molecular weight excluding hydrogens is 396 g/mol. The number of nitrogens with zero attached hydrogens (tertiary/aromatic N) is 3. The smallest absolute Gasteiger partial charge is 0.272 e. The number of carbonyl (C=O) groups excluding carboxylic acids is 1. The zero-order valence-electron chi connectivity index (χ0n) is 19.3. The summed E-state index contributed by atoms with van der Waals surface area (Å²) in [6.07, 6.45) is 2.91. The van der Waals surface area contributed by atoms with Gasteiger partial charge in [-0.15, -0.1) is 0 Å². The molecule has 166 valence electrons. The first-order valence-corrected chi connectivity index (χ1v) is 11.7. The molecule has 5 heteroatoms. The normalized spacial score (nSPS) is 15.5. The number of likely N-dealkylation sites (tertiary alicyclic amines) is 1. The minimum absolute atomic E-state index is 0.188. The van der Waals surface area contributed by atoms with Gasteiger partial charge in [-0.3, -0.25) is 4.79 Å². The largest absolute Gasteiger partial charge is 0.303 e. The van der Waals surface area contributed by atoms with E-state index >= 15 is 0 Å². The Kier molecular flexibility index (Phi) is 6.96. The lowest BCUT2D eigenvalue weighted by atomic mass is 9.96. The van der Waals surface area contributed by atoms with Crippen LogP contribution in [0.1, 0.15) is 61.9 Å². The summed E-state index contributed by atoms with van der Waals surface area (Å²) < 4.78 is 0. The van der Waals surface area contributed by atoms with E-state index in [0.717, 1.165) is 66.8 Å². The number of hydrogen-bond acceptors (Lipinski definition) is 4. The summed E-state index contributed by atoms with van der Waals surface area (Å²) in [5, 5.41) is 5.29. The van der Waals surface area contributed by atoms with Gasteiger partial charge in [0, 0.05) is 42.6 Å². The van der Waals surface area contributed by atoms with E-state index in [2.05, 4.69) is 60.5 Å². The molecule has 0 saturated carbocycles. The zero-order chi connectivity index (χ0) is 22.5. The number of hydrazone groups is 1. The number of pyridine rings is 1. The predicted octanol–water partition coefficient (Wildman–Crippen LogP) is 5.62. The molecule has 5 nitrogen and oxygen atoms in total. The summed E-state index contributed by atoms with van der Waals surface area (Å²) in [5.41, 5.74) is 8.41. The summed E-state index contributed by atoms with van der Waals surface area (Å²) in [6, 6.07) is 18.2. The van der Waals surface area contributed by atoms with E-state index in [9.17, 15) is 4.79 Å². The average molecular weight is 429 g/mol. The minimum atomic E-state index is -0.188. The molecule has 32 heavy (non-hydrogen) atoms. The van der Waals surface area contributed by atoms with Gasteiger partial charge in [-0.2, -0.15) is 5.10 Å². The molecule has 2 heterocycles. The molecule has 3 aromatic rings. The van der Waals surface area contributed by atoms with Crippen molar-refractivity contribution in [2.75, 3.05) is 19.6 Å². The van der Waals surface area contributed by atoms with Crippen molar-refractivity contribution in [3.05, 3.63) is 65.7 Å². The molecular formula is C27H32N4O. The van der Waals surface area contributed by atoms with Crippen LogP contribution in [0.4, 0.5) is 0 Å². The first-order valence-electron chi connectivity index (χ1n) is 11.7. The van der Waals surface area contributed by atoms with Gasteiger partial charge in [-0.05, 0) is 36.6 Å². The van der Waals surface area contributed by atoms with E-state index in [-0.39, 0.29) is 5.91 Å². The third kappa shape index (κ3) is 4.89. The molecule has 0 spiro atoms. The van der Waals surface area contributed by atoms with E-state index in [1.807, 2.05) is 30.3 Å². The molecule has 1 aromatic heterocycles. The van der Waals surface area contributed by atoms with Gasteiger partial charge in [0.15, 0.2) is 0 Å². The van der Waals surface area contributed by atoms with Gasteiger partial charge in [0.05, 0.1) is 16.8 Å². The Hall–Kier alpha value is -3.05. The van der Waals surface area contributed by atoms with Crippen LogP contribution in [-0.2, 0) is 0 Å². The molecule has 0 aliphatic carbocycles. The molecule has 0 bridgehead atoms. The Morgan fingerprint density at radius 1 is 1.09 bits per heavy atom. The summed E-state index contributed by atoms with van der Waals surface area (Å²) >= 11 is 0. The van der Waals surface area contributed by atoms with Crippen LogP contribution in [0.5, 0.6) is 0 Å². The number of hydrogen-bond donors (Lipinski definition) is 1. The average Bonchev–Trinajstić information content (AvgIpc) is 2.86.